The Kier molecular flexibility index (Phi) is 4.94. The molecule has 1 aliphatic heterocycles. The fraction of sp³-hybridized carbons (Fsp3) is 0.125. The van der Waals surface area contributed by atoms with Crippen LogP contribution in [0.2, 0.25) is 5.02 Å². The average molecular weight is 412 g/mol. The quantitative estimate of drug-likeness (QED) is 0.642. The van der Waals surface area contributed by atoms with Gasteiger partial charge in [-0.1, -0.05) is 23.7 Å². The predicted molar refractivity (Wildman–Crippen MR) is 97.9 cm³/mol. The zero-order valence-electron chi connectivity index (χ0n) is 12.1. The van der Waals surface area contributed by atoms with E-state index in [9.17, 15) is 4.79 Å². The van der Waals surface area contributed by atoms with E-state index in [0.717, 1.165) is 0 Å². The van der Waals surface area contributed by atoms with E-state index in [2.05, 4.69) is 20.9 Å². The van der Waals surface area contributed by atoms with Crippen LogP contribution in [0.15, 0.2) is 55.4 Å². The predicted octanol–water partition coefficient (Wildman–Crippen LogP) is 5.32. The summed E-state index contributed by atoms with van der Waals surface area (Å²) in [6.07, 6.45) is 1.72. The Morgan fingerprint density at radius 1 is 1.35 bits per heavy atom. The molecule has 0 radical (unpaired) electrons. The summed E-state index contributed by atoms with van der Waals surface area (Å²) < 4.78 is 6.05. The number of benzene rings is 1. The minimum atomic E-state index is -0.0872. The molecule has 7 heteroatoms. The molecule has 0 spiro atoms. The second-order valence-electron chi connectivity index (χ2n) is 4.65. The third-order valence-electron chi connectivity index (χ3n) is 3.14. The molecule has 4 nitrogen and oxygen atoms in total. The average Bonchev–Trinajstić information content (AvgIpc) is 3.06. The third kappa shape index (κ3) is 3.54. The lowest BCUT2D eigenvalue weighted by Crippen LogP contribution is -2.28. The van der Waals surface area contributed by atoms with Crippen LogP contribution in [0.1, 0.15) is 12.7 Å². The number of rotatable bonds is 3. The van der Waals surface area contributed by atoms with Crippen molar-refractivity contribution in [1.29, 1.82) is 0 Å². The largest absolute Gasteiger partial charge is 0.450 e. The van der Waals surface area contributed by atoms with Gasteiger partial charge in [0, 0.05) is 12.6 Å². The summed E-state index contributed by atoms with van der Waals surface area (Å²) in [6, 6.07) is 10.9. The van der Waals surface area contributed by atoms with Crippen molar-refractivity contribution < 1.29 is 9.21 Å². The molecule has 0 unspecified atom stereocenters. The van der Waals surface area contributed by atoms with Gasteiger partial charge < -0.3 is 4.42 Å². The van der Waals surface area contributed by atoms with Gasteiger partial charge in [-0.3, -0.25) is 9.69 Å². The summed E-state index contributed by atoms with van der Waals surface area (Å²) in [5.41, 5.74) is 0.643. The lowest BCUT2D eigenvalue weighted by atomic mass is 10.3. The molecule has 118 valence electrons. The number of aliphatic imine (C=N–C) groups is 1. The van der Waals surface area contributed by atoms with E-state index in [1.807, 2.05) is 25.1 Å². The van der Waals surface area contributed by atoms with Crippen LogP contribution in [0.4, 0.5) is 5.69 Å². The van der Waals surface area contributed by atoms with E-state index in [1.54, 1.807) is 29.2 Å². The normalized spacial score (nSPS) is 18.4. The molecule has 1 aromatic carbocycles. The lowest BCUT2D eigenvalue weighted by molar-refractivity contribution is -0.122. The lowest BCUT2D eigenvalue weighted by Gasteiger charge is -2.12. The first kappa shape index (κ1) is 16.4. The number of hydrogen-bond donors (Lipinski definition) is 0. The van der Waals surface area contributed by atoms with E-state index in [1.165, 1.54) is 11.8 Å². The van der Waals surface area contributed by atoms with Gasteiger partial charge in [-0.05, 0) is 58.9 Å². The summed E-state index contributed by atoms with van der Waals surface area (Å²) in [5.74, 6) is 0.526. The SMILES string of the molecule is CCN1C(=O)/C(=C\c2ccc(Br)o2)SC1=Nc1ccccc1Cl. The number of likely N-dealkylation sites (N-methyl/N-ethyl adjacent to an activating group) is 1. The number of carbonyl (C=O) groups excluding carboxylic acids is 1. The molecule has 23 heavy (non-hydrogen) atoms. The number of nitrogens with zero attached hydrogens (tertiary/aromatic N) is 2. The van der Waals surface area contributed by atoms with Gasteiger partial charge in [-0.2, -0.15) is 0 Å². The second kappa shape index (κ2) is 6.95. The fourth-order valence-electron chi connectivity index (χ4n) is 2.05. The van der Waals surface area contributed by atoms with Crippen molar-refractivity contribution in [2.24, 2.45) is 4.99 Å². The molecule has 0 N–H and O–H groups in total. The molecule has 0 bridgehead atoms. The summed E-state index contributed by atoms with van der Waals surface area (Å²) in [7, 11) is 0. The standard InChI is InChI=1S/C16H12BrClN2O2S/c1-2-20-15(21)13(9-10-7-8-14(17)22-10)23-16(20)19-12-6-4-3-5-11(12)18/h3-9H,2H2,1H3/b13-9+,19-16?. The smallest absolute Gasteiger partial charge is 0.266 e. The van der Waals surface area contributed by atoms with Crippen molar-refractivity contribution in [3.63, 3.8) is 0 Å². The minimum Gasteiger partial charge on any atom is -0.450 e. The monoisotopic (exact) mass is 410 g/mol. The first-order valence-electron chi connectivity index (χ1n) is 6.88. The van der Waals surface area contributed by atoms with Crippen LogP contribution in [0, 0.1) is 0 Å². The zero-order chi connectivity index (χ0) is 16.4. The van der Waals surface area contributed by atoms with Gasteiger partial charge >= 0.3 is 0 Å². The van der Waals surface area contributed by atoms with Gasteiger partial charge in [0.2, 0.25) is 0 Å². The number of amides is 1. The first-order chi connectivity index (χ1) is 11.1. The van der Waals surface area contributed by atoms with Crippen LogP contribution in [0.3, 0.4) is 0 Å². The topological polar surface area (TPSA) is 45.8 Å². The van der Waals surface area contributed by atoms with Gasteiger partial charge in [-0.25, -0.2) is 4.99 Å². The maximum atomic E-state index is 12.5. The number of para-hydroxylation sites is 1. The number of thioether (sulfide) groups is 1. The van der Waals surface area contributed by atoms with Crippen LogP contribution in [-0.4, -0.2) is 22.5 Å². The second-order valence-corrected chi connectivity index (χ2v) is 6.85. The summed E-state index contributed by atoms with van der Waals surface area (Å²) >= 11 is 10.7. The molecule has 2 aromatic rings. The van der Waals surface area contributed by atoms with Crippen molar-refractivity contribution in [3.8, 4) is 0 Å². The number of furan rings is 1. The number of halogens is 2. The molecular weight excluding hydrogens is 400 g/mol. The fourth-order valence-corrected chi connectivity index (χ4v) is 3.58. The van der Waals surface area contributed by atoms with Crippen LogP contribution in [-0.2, 0) is 4.79 Å². The Bertz CT molecular complexity index is 816. The maximum Gasteiger partial charge on any atom is 0.266 e. The van der Waals surface area contributed by atoms with Gasteiger partial charge in [0.15, 0.2) is 9.84 Å². The zero-order valence-corrected chi connectivity index (χ0v) is 15.3. The molecule has 0 aliphatic carbocycles. The van der Waals surface area contributed by atoms with E-state index in [4.69, 9.17) is 16.0 Å². The highest BCUT2D eigenvalue weighted by molar-refractivity contribution is 9.10. The summed E-state index contributed by atoms with van der Waals surface area (Å²) in [5, 5.41) is 1.17. The third-order valence-corrected chi connectivity index (χ3v) is 4.89. The molecular formula is C16H12BrClN2O2S. The van der Waals surface area contributed by atoms with E-state index >= 15 is 0 Å². The molecule has 1 aromatic heterocycles. The van der Waals surface area contributed by atoms with Crippen LogP contribution in [0.25, 0.3) is 6.08 Å². The van der Waals surface area contributed by atoms with Crippen molar-refractivity contribution in [2.75, 3.05) is 6.54 Å². The Hall–Kier alpha value is -1.50. The van der Waals surface area contributed by atoms with Crippen LogP contribution in [0.5, 0.6) is 0 Å². The van der Waals surface area contributed by atoms with Crippen molar-refractivity contribution in [1.82, 2.24) is 4.90 Å². The summed E-state index contributed by atoms with van der Waals surface area (Å²) in [6.45, 7) is 2.45. The molecule has 1 fully saturated rings. The molecule has 0 atom stereocenters. The number of hydrogen-bond acceptors (Lipinski definition) is 4. The van der Waals surface area contributed by atoms with Gasteiger partial charge in [0.05, 0.1) is 15.6 Å². The van der Waals surface area contributed by atoms with Gasteiger partial charge in [-0.15, -0.1) is 0 Å². The summed E-state index contributed by atoms with van der Waals surface area (Å²) in [4.78, 5) is 19.2. The van der Waals surface area contributed by atoms with Crippen LogP contribution < -0.4 is 0 Å². The number of carbonyl (C=O) groups is 1. The van der Waals surface area contributed by atoms with Gasteiger partial charge in [0.1, 0.15) is 5.76 Å². The molecule has 1 aliphatic rings. The van der Waals surface area contributed by atoms with Crippen molar-refractivity contribution >= 4 is 62.1 Å². The Balaban J connectivity index is 1.95. The van der Waals surface area contributed by atoms with Crippen LogP contribution >= 0.6 is 39.3 Å². The highest BCUT2D eigenvalue weighted by Gasteiger charge is 2.32. The van der Waals surface area contributed by atoms with E-state index in [0.29, 0.717) is 37.8 Å². The van der Waals surface area contributed by atoms with Crippen molar-refractivity contribution in [3.05, 3.63) is 56.8 Å². The molecule has 0 saturated carbocycles. The first-order valence-corrected chi connectivity index (χ1v) is 8.87. The highest BCUT2D eigenvalue weighted by atomic mass is 79.9. The maximum absolute atomic E-state index is 12.5. The Labute approximate surface area is 151 Å². The van der Waals surface area contributed by atoms with Crippen molar-refractivity contribution in [2.45, 2.75) is 6.92 Å². The minimum absolute atomic E-state index is 0.0872. The number of amidine groups is 1. The van der Waals surface area contributed by atoms with Gasteiger partial charge in [0.25, 0.3) is 5.91 Å². The Morgan fingerprint density at radius 2 is 2.13 bits per heavy atom. The van der Waals surface area contributed by atoms with E-state index in [-0.39, 0.29) is 5.91 Å². The molecule has 1 amide bonds. The molecule has 3 rings (SSSR count). The molecule has 2 heterocycles. The molecule has 1 saturated heterocycles. The highest BCUT2D eigenvalue weighted by Crippen LogP contribution is 2.35. The Morgan fingerprint density at radius 3 is 2.78 bits per heavy atom. The van der Waals surface area contributed by atoms with E-state index < -0.39 is 0 Å².